The summed E-state index contributed by atoms with van der Waals surface area (Å²) in [6, 6.07) is 16.4. The Morgan fingerprint density at radius 3 is 2.22 bits per heavy atom. The van der Waals surface area contributed by atoms with Crippen molar-refractivity contribution in [2.24, 2.45) is 0 Å². The van der Waals surface area contributed by atoms with Crippen molar-refractivity contribution in [1.29, 1.82) is 0 Å². The van der Waals surface area contributed by atoms with Gasteiger partial charge in [0.1, 0.15) is 11.6 Å². The largest absolute Gasteiger partial charge is 0.508 e. The fourth-order valence-corrected chi connectivity index (χ4v) is 4.96. The molecule has 0 fully saturated rings. The second-order valence-electron chi connectivity index (χ2n) is 10.4. The molecule has 0 amide bonds. The van der Waals surface area contributed by atoms with Crippen LogP contribution in [0, 0.1) is 19.7 Å². The van der Waals surface area contributed by atoms with Gasteiger partial charge in [-0.25, -0.2) is 4.39 Å². The SMILES string of the molecule is Cc1cc(C)cc(-n2ccc3cc(NCC(O)(CC(C)(C)c4cc(F)ccc4O)C(F)(F)F)ccc32)c1. The van der Waals surface area contributed by atoms with E-state index in [1.807, 2.05) is 36.7 Å². The van der Waals surface area contributed by atoms with Crippen LogP contribution >= 0.6 is 0 Å². The van der Waals surface area contributed by atoms with Gasteiger partial charge < -0.3 is 20.1 Å². The highest BCUT2D eigenvalue weighted by Gasteiger charge is 2.56. The number of phenols is 1. The van der Waals surface area contributed by atoms with Gasteiger partial charge in [-0.05, 0) is 91.4 Å². The minimum atomic E-state index is -4.98. The number of phenolic OH excluding ortho intramolecular Hbond substituents is 1. The third-order valence-electron chi connectivity index (χ3n) is 6.71. The molecule has 4 rings (SSSR count). The second kappa shape index (κ2) is 9.41. The van der Waals surface area contributed by atoms with Crippen molar-refractivity contribution < 1.29 is 27.8 Å². The topological polar surface area (TPSA) is 57.4 Å². The van der Waals surface area contributed by atoms with Gasteiger partial charge in [0.15, 0.2) is 5.60 Å². The summed E-state index contributed by atoms with van der Waals surface area (Å²) in [6.45, 7) is 6.07. The molecule has 0 aliphatic carbocycles. The molecular weight excluding hydrogens is 484 g/mol. The van der Waals surface area contributed by atoms with Crippen molar-refractivity contribution in [3.8, 4) is 11.4 Å². The molecule has 8 heteroatoms. The van der Waals surface area contributed by atoms with Crippen LogP contribution in [0.25, 0.3) is 16.6 Å². The van der Waals surface area contributed by atoms with Crippen LogP contribution in [0.4, 0.5) is 23.2 Å². The van der Waals surface area contributed by atoms with Crippen molar-refractivity contribution >= 4 is 16.6 Å². The van der Waals surface area contributed by atoms with Gasteiger partial charge in [-0.3, -0.25) is 0 Å². The van der Waals surface area contributed by atoms with Crippen molar-refractivity contribution in [2.75, 3.05) is 11.9 Å². The van der Waals surface area contributed by atoms with Crippen LogP contribution in [-0.2, 0) is 5.41 Å². The molecule has 0 aliphatic rings. The first-order chi connectivity index (χ1) is 17.2. The monoisotopic (exact) mass is 514 g/mol. The molecule has 0 saturated carbocycles. The zero-order valence-electron chi connectivity index (χ0n) is 21.1. The number of benzene rings is 3. The van der Waals surface area contributed by atoms with Gasteiger partial charge >= 0.3 is 6.18 Å². The lowest BCUT2D eigenvalue weighted by Gasteiger charge is -2.38. The molecule has 3 aromatic carbocycles. The highest BCUT2D eigenvalue weighted by atomic mass is 19.4. The molecule has 1 heterocycles. The first-order valence-corrected chi connectivity index (χ1v) is 11.9. The maximum Gasteiger partial charge on any atom is 0.418 e. The molecule has 0 aliphatic heterocycles. The summed E-state index contributed by atoms with van der Waals surface area (Å²) < 4.78 is 58.1. The third kappa shape index (κ3) is 5.44. The van der Waals surface area contributed by atoms with Gasteiger partial charge in [0.2, 0.25) is 0 Å². The minimum absolute atomic E-state index is 0.00989. The van der Waals surface area contributed by atoms with Crippen molar-refractivity contribution in [2.45, 2.75) is 51.3 Å². The van der Waals surface area contributed by atoms with Gasteiger partial charge in [0.05, 0.1) is 12.1 Å². The highest BCUT2D eigenvalue weighted by Crippen LogP contribution is 2.43. The predicted molar refractivity (Wildman–Crippen MR) is 138 cm³/mol. The molecule has 3 N–H and O–H groups in total. The van der Waals surface area contributed by atoms with E-state index in [9.17, 15) is 27.8 Å². The average Bonchev–Trinajstić information content (AvgIpc) is 3.21. The maximum absolute atomic E-state index is 14.1. The number of aromatic nitrogens is 1. The number of alkyl halides is 3. The van der Waals surface area contributed by atoms with E-state index in [2.05, 4.69) is 23.5 Å². The minimum Gasteiger partial charge on any atom is -0.508 e. The van der Waals surface area contributed by atoms with Crippen molar-refractivity contribution in [3.63, 3.8) is 0 Å². The lowest BCUT2D eigenvalue weighted by atomic mass is 9.74. The zero-order valence-corrected chi connectivity index (χ0v) is 21.1. The predicted octanol–water partition coefficient (Wildman–Crippen LogP) is 7.17. The van der Waals surface area contributed by atoms with Crippen LogP contribution in [0.1, 0.15) is 37.0 Å². The number of rotatable bonds is 7. The van der Waals surface area contributed by atoms with Crippen LogP contribution in [0.15, 0.2) is 66.9 Å². The normalized spacial score (nSPS) is 14.1. The molecule has 0 radical (unpaired) electrons. The number of anilines is 1. The molecule has 196 valence electrons. The Morgan fingerprint density at radius 1 is 0.892 bits per heavy atom. The molecular formula is C29H30F4N2O2. The molecule has 1 unspecified atom stereocenters. The fourth-order valence-electron chi connectivity index (χ4n) is 4.96. The average molecular weight is 515 g/mol. The van der Waals surface area contributed by atoms with E-state index in [0.717, 1.165) is 45.9 Å². The number of aryl methyl sites for hydroxylation is 2. The lowest BCUT2D eigenvalue weighted by Crippen LogP contribution is -2.53. The Morgan fingerprint density at radius 2 is 1.57 bits per heavy atom. The van der Waals surface area contributed by atoms with Crippen LogP contribution in [0.2, 0.25) is 0 Å². The van der Waals surface area contributed by atoms with E-state index in [1.54, 1.807) is 12.1 Å². The number of nitrogens with one attached hydrogen (secondary N) is 1. The molecule has 0 saturated heterocycles. The van der Waals surface area contributed by atoms with Gasteiger partial charge in [-0.1, -0.05) is 19.9 Å². The summed E-state index contributed by atoms with van der Waals surface area (Å²) in [5, 5.41) is 24.5. The molecule has 1 aromatic heterocycles. The van der Waals surface area contributed by atoms with E-state index in [0.29, 0.717) is 5.69 Å². The van der Waals surface area contributed by atoms with Crippen LogP contribution in [-0.4, -0.2) is 33.1 Å². The Balaban J connectivity index is 1.59. The van der Waals surface area contributed by atoms with Crippen molar-refractivity contribution in [3.05, 3.63) is 89.4 Å². The van der Waals surface area contributed by atoms with Crippen molar-refractivity contribution in [1.82, 2.24) is 4.57 Å². The van der Waals surface area contributed by atoms with E-state index in [-0.39, 0.29) is 11.3 Å². The third-order valence-corrected chi connectivity index (χ3v) is 6.71. The second-order valence-corrected chi connectivity index (χ2v) is 10.4. The number of hydrogen-bond acceptors (Lipinski definition) is 3. The number of aromatic hydroxyl groups is 1. The summed E-state index contributed by atoms with van der Waals surface area (Å²) in [5.41, 5.74) is 0.00329. The number of halogens is 4. The molecule has 4 nitrogen and oxygen atoms in total. The molecule has 4 aromatic rings. The summed E-state index contributed by atoms with van der Waals surface area (Å²) in [5.74, 6) is -1.02. The van der Waals surface area contributed by atoms with E-state index < -0.39 is 36.0 Å². The smallest absolute Gasteiger partial charge is 0.418 e. The number of aliphatic hydroxyl groups is 1. The van der Waals surface area contributed by atoms with E-state index in [1.165, 1.54) is 13.8 Å². The summed E-state index contributed by atoms with van der Waals surface area (Å²) >= 11 is 0. The van der Waals surface area contributed by atoms with E-state index >= 15 is 0 Å². The summed E-state index contributed by atoms with van der Waals surface area (Å²) in [6.07, 6.45) is -3.86. The number of fused-ring (bicyclic) bond motifs is 1. The molecule has 37 heavy (non-hydrogen) atoms. The Kier molecular flexibility index (Phi) is 6.75. The van der Waals surface area contributed by atoms with Gasteiger partial charge in [0, 0.05) is 28.5 Å². The first-order valence-electron chi connectivity index (χ1n) is 11.9. The maximum atomic E-state index is 14.1. The highest BCUT2D eigenvalue weighted by molar-refractivity contribution is 5.85. The number of nitrogens with zero attached hydrogens (tertiary/aromatic N) is 1. The van der Waals surface area contributed by atoms with Gasteiger partial charge in [-0.15, -0.1) is 0 Å². The standard InChI is InChI=1S/C29H30F4N2O2/c1-18-11-19(2)13-23(12-18)35-10-9-20-14-22(6-7-25(20)35)34-17-28(37,29(31,32)33)16-27(3,4)24-15-21(30)5-8-26(24)36/h5-15,34,36-37H,16-17H2,1-4H3. The van der Waals surface area contributed by atoms with Crippen LogP contribution < -0.4 is 5.32 Å². The van der Waals surface area contributed by atoms with Crippen LogP contribution in [0.3, 0.4) is 0 Å². The Bertz CT molecular complexity index is 1420. The lowest BCUT2D eigenvalue weighted by molar-refractivity contribution is -0.260. The van der Waals surface area contributed by atoms with Gasteiger partial charge in [-0.2, -0.15) is 13.2 Å². The zero-order chi connectivity index (χ0) is 27.2. The molecule has 0 spiro atoms. The Hall–Kier alpha value is -3.52. The summed E-state index contributed by atoms with van der Waals surface area (Å²) in [4.78, 5) is 0. The van der Waals surface area contributed by atoms with E-state index in [4.69, 9.17) is 0 Å². The number of hydrogen-bond donors (Lipinski definition) is 3. The van der Waals surface area contributed by atoms with Gasteiger partial charge in [0.25, 0.3) is 0 Å². The first kappa shape index (κ1) is 26.5. The summed E-state index contributed by atoms with van der Waals surface area (Å²) in [7, 11) is 0. The fraction of sp³-hybridized carbons (Fsp3) is 0.310. The quantitative estimate of drug-likeness (QED) is 0.229. The molecule has 1 atom stereocenters. The van der Waals surface area contributed by atoms with Crippen LogP contribution in [0.5, 0.6) is 5.75 Å². The Labute approximate surface area is 213 Å². The molecule has 0 bridgehead atoms.